The molecule has 0 aliphatic carbocycles. The molecule has 2 aromatic rings. The topological polar surface area (TPSA) is 80.6 Å². The Bertz CT molecular complexity index is 738. The van der Waals surface area contributed by atoms with E-state index < -0.39 is 0 Å². The second-order valence-electron chi connectivity index (χ2n) is 6.30. The first-order valence-corrected chi connectivity index (χ1v) is 7.09. The van der Waals surface area contributed by atoms with Crippen LogP contribution in [0.5, 0.6) is 0 Å². The molecule has 0 saturated carbocycles. The predicted molar refractivity (Wildman–Crippen MR) is 88.2 cm³/mol. The minimum Gasteiger partial charge on any atom is -0.409 e. The Labute approximate surface area is 129 Å². The summed E-state index contributed by atoms with van der Waals surface area (Å²) in [6, 6.07) is 11.6. The summed E-state index contributed by atoms with van der Waals surface area (Å²) < 4.78 is 1.39. The zero-order chi connectivity index (χ0) is 16.3. The Morgan fingerprint density at radius 2 is 1.82 bits per heavy atom. The third-order valence-electron chi connectivity index (χ3n) is 3.54. The van der Waals surface area contributed by atoms with E-state index in [0.29, 0.717) is 0 Å². The second kappa shape index (κ2) is 6.05. The Kier molecular flexibility index (Phi) is 4.35. The highest BCUT2D eigenvalue weighted by atomic mass is 16.4. The molecule has 2 rings (SSSR count). The molecule has 0 saturated heterocycles. The van der Waals surface area contributed by atoms with E-state index in [4.69, 9.17) is 10.9 Å². The lowest BCUT2D eigenvalue weighted by Gasteiger charge is -2.19. The maximum absolute atomic E-state index is 12.1. The Balaban J connectivity index is 2.31. The van der Waals surface area contributed by atoms with E-state index in [9.17, 15) is 4.79 Å². The lowest BCUT2D eigenvalue weighted by molar-refractivity contribution is 0.316. The van der Waals surface area contributed by atoms with Crippen LogP contribution in [0.2, 0.25) is 0 Å². The van der Waals surface area contributed by atoms with Crippen LogP contribution in [0.25, 0.3) is 11.1 Å². The molecule has 3 N–H and O–H groups in total. The van der Waals surface area contributed by atoms with E-state index in [-0.39, 0.29) is 23.4 Å². The van der Waals surface area contributed by atoms with Crippen LogP contribution >= 0.6 is 0 Å². The zero-order valence-electron chi connectivity index (χ0n) is 13.1. The number of oxime groups is 1. The molecule has 0 fully saturated rings. The van der Waals surface area contributed by atoms with Crippen molar-refractivity contribution in [2.45, 2.75) is 32.7 Å². The minimum absolute atomic E-state index is 0.00983. The van der Waals surface area contributed by atoms with Crippen molar-refractivity contribution in [3.05, 3.63) is 58.5 Å². The molecule has 0 spiro atoms. The van der Waals surface area contributed by atoms with Crippen molar-refractivity contribution in [2.75, 3.05) is 0 Å². The van der Waals surface area contributed by atoms with Crippen LogP contribution in [0.1, 0.15) is 26.3 Å². The van der Waals surface area contributed by atoms with Crippen molar-refractivity contribution < 1.29 is 5.21 Å². The van der Waals surface area contributed by atoms with Gasteiger partial charge in [0.15, 0.2) is 5.84 Å². The molecule has 0 bridgehead atoms. The molecule has 0 atom stereocenters. The number of benzene rings is 1. The summed E-state index contributed by atoms with van der Waals surface area (Å²) in [6.45, 7) is 6.56. The maximum Gasteiger partial charge on any atom is 0.251 e. The quantitative estimate of drug-likeness (QED) is 0.395. The van der Waals surface area contributed by atoms with Crippen LogP contribution in [-0.2, 0) is 12.0 Å². The maximum atomic E-state index is 12.1. The SMILES string of the molecule is CC(C)(C)c1ccc(-c2ccn(CC(N)=NO)c(=O)c2)cc1. The van der Waals surface area contributed by atoms with Crippen molar-refractivity contribution in [3.63, 3.8) is 0 Å². The van der Waals surface area contributed by atoms with E-state index in [1.165, 1.54) is 10.1 Å². The first-order valence-electron chi connectivity index (χ1n) is 7.09. The van der Waals surface area contributed by atoms with E-state index in [1.54, 1.807) is 12.3 Å². The molecule has 1 aromatic carbocycles. The van der Waals surface area contributed by atoms with Crippen molar-refractivity contribution >= 4 is 5.84 Å². The predicted octanol–water partition coefficient (Wildman–Crippen LogP) is 2.56. The smallest absolute Gasteiger partial charge is 0.251 e. The van der Waals surface area contributed by atoms with E-state index in [1.807, 2.05) is 18.2 Å². The number of hydrogen-bond donors (Lipinski definition) is 2. The van der Waals surface area contributed by atoms with E-state index >= 15 is 0 Å². The average molecular weight is 299 g/mol. The van der Waals surface area contributed by atoms with Gasteiger partial charge in [-0.05, 0) is 28.2 Å². The van der Waals surface area contributed by atoms with Crippen molar-refractivity contribution in [1.82, 2.24) is 4.57 Å². The first-order chi connectivity index (χ1) is 10.3. The van der Waals surface area contributed by atoms with Crippen molar-refractivity contribution in [3.8, 4) is 11.1 Å². The highest BCUT2D eigenvalue weighted by molar-refractivity contribution is 5.79. The molecule has 0 radical (unpaired) electrons. The summed E-state index contributed by atoms with van der Waals surface area (Å²) in [5, 5.41) is 11.4. The van der Waals surface area contributed by atoms with Crippen molar-refractivity contribution in [2.24, 2.45) is 10.9 Å². The molecule has 5 nitrogen and oxygen atoms in total. The monoisotopic (exact) mass is 299 g/mol. The summed E-state index contributed by atoms with van der Waals surface area (Å²) in [7, 11) is 0. The fourth-order valence-corrected chi connectivity index (χ4v) is 2.19. The number of amidine groups is 1. The summed E-state index contributed by atoms with van der Waals surface area (Å²) in [6.07, 6.45) is 1.65. The average Bonchev–Trinajstić information content (AvgIpc) is 2.48. The van der Waals surface area contributed by atoms with Gasteiger partial charge in [-0.3, -0.25) is 4.79 Å². The van der Waals surface area contributed by atoms with Crippen molar-refractivity contribution in [1.29, 1.82) is 0 Å². The molecule has 1 aromatic heterocycles. The standard InChI is InChI=1S/C17H21N3O2/c1-17(2,3)14-6-4-12(5-7-14)13-8-9-20(16(21)10-13)11-15(18)19-22/h4-10,22H,11H2,1-3H3,(H2,18,19). The zero-order valence-corrected chi connectivity index (χ0v) is 13.1. The van der Waals surface area contributed by atoms with Crippen LogP contribution in [0, 0.1) is 0 Å². The fourth-order valence-electron chi connectivity index (χ4n) is 2.19. The minimum atomic E-state index is -0.191. The third-order valence-corrected chi connectivity index (χ3v) is 3.54. The van der Waals surface area contributed by atoms with Gasteiger partial charge in [0.25, 0.3) is 5.56 Å². The Morgan fingerprint density at radius 1 is 1.18 bits per heavy atom. The van der Waals surface area contributed by atoms with Gasteiger partial charge in [-0.15, -0.1) is 0 Å². The number of nitrogens with zero attached hydrogens (tertiary/aromatic N) is 2. The molecule has 0 aliphatic rings. The number of rotatable bonds is 3. The van der Waals surface area contributed by atoms with Gasteiger partial charge in [0.1, 0.15) is 0 Å². The first kappa shape index (κ1) is 15.8. The van der Waals surface area contributed by atoms with Crippen LogP contribution in [0.3, 0.4) is 0 Å². The van der Waals surface area contributed by atoms with Gasteiger partial charge in [-0.25, -0.2) is 0 Å². The number of aromatic nitrogens is 1. The van der Waals surface area contributed by atoms with Gasteiger partial charge in [-0.2, -0.15) is 0 Å². The fraction of sp³-hybridized carbons (Fsp3) is 0.294. The van der Waals surface area contributed by atoms with Gasteiger partial charge in [0.05, 0.1) is 6.54 Å². The summed E-state index contributed by atoms with van der Waals surface area (Å²) in [5.41, 5.74) is 8.41. The molecule has 22 heavy (non-hydrogen) atoms. The van der Waals surface area contributed by atoms with E-state index in [2.05, 4.69) is 38.1 Å². The van der Waals surface area contributed by atoms with Crippen LogP contribution < -0.4 is 11.3 Å². The molecule has 0 unspecified atom stereocenters. The van der Waals surface area contributed by atoms with Gasteiger partial charge in [-0.1, -0.05) is 50.2 Å². The number of hydrogen-bond acceptors (Lipinski definition) is 3. The number of pyridine rings is 1. The van der Waals surface area contributed by atoms with Gasteiger partial charge < -0.3 is 15.5 Å². The molecule has 5 heteroatoms. The second-order valence-corrected chi connectivity index (χ2v) is 6.30. The highest BCUT2D eigenvalue weighted by Crippen LogP contribution is 2.25. The molecular formula is C17H21N3O2. The molecule has 116 valence electrons. The normalized spacial score (nSPS) is 12.4. The van der Waals surface area contributed by atoms with E-state index in [0.717, 1.165) is 11.1 Å². The molecule has 0 aliphatic heterocycles. The Morgan fingerprint density at radius 3 is 2.32 bits per heavy atom. The Hall–Kier alpha value is -2.56. The van der Waals surface area contributed by atoms with Crippen LogP contribution in [-0.4, -0.2) is 15.6 Å². The van der Waals surface area contributed by atoms with Gasteiger partial charge in [0, 0.05) is 12.3 Å². The van der Waals surface area contributed by atoms with Crippen LogP contribution in [0.4, 0.5) is 0 Å². The third kappa shape index (κ3) is 3.55. The molecule has 1 heterocycles. The molecule has 0 amide bonds. The lowest BCUT2D eigenvalue weighted by atomic mass is 9.86. The number of nitrogens with two attached hydrogens (primary N) is 1. The van der Waals surface area contributed by atoms with Gasteiger partial charge >= 0.3 is 0 Å². The molecular weight excluding hydrogens is 278 g/mol. The summed E-state index contributed by atoms with van der Waals surface area (Å²) >= 11 is 0. The summed E-state index contributed by atoms with van der Waals surface area (Å²) in [5.74, 6) is -0.00983. The largest absolute Gasteiger partial charge is 0.409 e. The summed E-state index contributed by atoms with van der Waals surface area (Å²) in [4.78, 5) is 12.1. The lowest BCUT2D eigenvalue weighted by Crippen LogP contribution is -2.27. The van der Waals surface area contributed by atoms with Gasteiger partial charge in [0.2, 0.25) is 0 Å². The van der Waals surface area contributed by atoms with Crippen LogP contribution in [0.15, 0.2) is 52.5 Å². The highest BCUT2D eigenvalue weighted by Gasteiger charge is 2.13.